The van der Waals surface area contributed by atoms with E-state index in [4.69, 9.17) is 9.47 Å². The Balaban J connectivity index is 1.81. The minimum atomic E-state index is -1.20. The topological polar surface area (TPSA) is 96.9 Å². The average Bonchev–Trinajstić information content (AvgIpc) is 2.70. The van der Waals surface area contributed by atoms with Crippen molar-refractivity contribution in [3.05, 3.63) is 59.7 Å². The quantitative estimate of drug-likeness (QED) is 0.597. The van der Waals surface area contributed by atoms with E-state index < -0.39 is 17.4 Å². The van der Waals surface area contributed by atoms with Gasteiger partial charge in [-0.15, -0.1) is 0 Å². The van der Waals surface area contributed by atoms with Gasteiger partial charge in [-0.2, -0.15) is 0 Å². The van der Waals surface area contributed by atoms with Crippen molar-refractivity contribution in [2.24, 2.45) is 0 Å². The predicted octanol–water partition coefficient (Wildman–Crippen LogP) is 1.43. The summed E-state index contributed by atoms with van der Waals surface area (Å²) in [5, 5.41) is 15.5. The Hall–Kier alpha value is -3.06. The maximum atomic E-state index is 12.0. The summed E-state index contributed by atoms with van der Waals surface area (Å²) in [7, 11) is 3.14. The van der Waals surface area contributed by atoms with Crippen molar-refractivity contribution in [3.63, 3.8) is 0 Å². The second-order valence-electron chi connectivity index (χ2n) is 6.74. The number of methoxy groups -OCH3 is 2. The van der Waals surface area contributed by atoms with Gasteiger partial charge in [-0.05, 0) is 42.3 Å². The van der Waals surface area contributed by atoms with Gasteiger partial charge in [0.1, 0.15) is 11.5 Å². The predicted molar refractivity (Wildman–Crippen MR) is 105 cm³/mol. The van der Waals surface area contributed by atoms with Gasteiger partial charge < -0.3 is 25.2 Å². The number of aliphatic hydroxyl groups is 1. The van der Waals surface area contributed by atoms with Crippen LogP contribution in [-0.2, 0) is 22.6 Å². The fraction of sp³-hybridized carbons (Fsp3) is 0.333. The molecule has 0 spiro atoms. The molecule has 0 aliphatic carbocycles. The third-order valence-corrected chi connectivity index (χ3v) is 4.17. The smallest absolute Gasteiger partial charge is 0.309 e. The molecule has 3 N–H and O–H groups in total. The molecular formula is C21H26N2O5. The monoisotopic (exact) mass is 386 g/mol. The van der Waals surface area contributed by atoms with Gasteiger partial charge in [0.05, 0.1) is 19.8 Å². The third-order valence-electron chi connectivity index (χ3n) is 4.17. The zero-order valence-corrected chi connectivity index (χ0v) is 16.3. The van der Waals surface area contributed by atoms with Crippen LogP contribution in [-0.4, -0.2) is 43.3 Å². The van der Waals surface area contributed by atoms with Gasteiger partial charge in [0.2, 0.25) is 0 Å². The molecule has 7 heteroatoms. The summed E-state index contributed by atoms with van der Waals surface area (Å²) in [4.78, 5) is 24.0. The molecule has 2 amide bonds. The number of hydrogen-bond donors (Lipinski definition) is 3. The highest BCUT2D eigenvalue weighted by Crippen LogP contribution is 2.16. The number of hydrogen-bond acceptors (Lipinski definition) is 5. The fourth-order valence-electron chi connectivity index (χ4n) is 2.64. The van der Waals surface area contributed by atoms with Crippen molar-refractivity contribution >= 4 is 11.8 Å². The average molecular weight is 386 g/mol. The van der Waals surface area contributed by atoms with Crippen molar-refractivity contribution in [2.75, 3.05) is 20.8 Å². The molecule has 1 unspecified atom stereocenters. The molecule has 0 aromatic heterocycles. The Morgan fingerprint density at radius 3 is 2.21 bits per heavy atom. The van der Waals surface area contributed by atoms with Gasteiger partial charge >= 0.3 is 11.8 Å². The zero-order valence-electron chi connectivity index (χ0n) is 16.3. The Kier molecular flexibility index (Phi) is 7.40. The Bertz CT molecular complexity index is 803. The molecular weight excluding hydrogens is 360 g/mol. The SMILES string of the molecule is COc1ccc(CC(C)(O)CNC(=O)C(=O)NCc2cccc(OC)c2)cc1. The normalized spacial score (nSPS) is 12.6. The lowest BCUT2D eigenvalue weighted by Gasteiger charge is -2.23. The second-order valence-corrected chi connectivity index (χ2v) is 6.74. The first kappa shape index (κ1) is 21.2. The molecule has 7 nitrogen and oxygen atoms in total. The van der Waals surface area contributed by atoms with Gasteiger partial charge in [0.25, 0.3) is 0 Å². The van der Waals surface area contributed by atoms with Crippen molar-refractivity contribution in [3.8, 4) is 11.5 Å². The summed E-state index contributed by atoms with van der Waals surface area (Å²) in [5.41, 5.74) is 0.506. The standard InChI is InChI=1S/C21H26N2O5/c1-21(26,12-15-7-9-17(27-2)10-8-15)14-23-20(25)19(24)22-13-16-5-4-6-18(11-16)28-3/h4-11,26H,12-14H2,1-3H3,(H,22,24)(H,23,25). The van der Waals surface area contributed by atoms with Gasteiger partial charge in [-0.1, -0.05) is 24.3 Å². The fourth-order valence-corrected chi connectivity index (χ4v) is 2.64. The first-order chi connectivity index (χ1) is 13.3. The Morgan fingerprint density at radius 2 is 1.57 bits per heavy atom. The van der Waals surface area contributed by atoms with E-state index in [9.17, 15) is 14.7 Å². The number of amides is 2. The van der Waals surface area contributed by atoms with Gasteiger partial charge in [0, 0.05) is 19.5 Å². The van der Waals surface area contributed by atoms with Crippen LogP contribution in [0.4, 0.5) is 0 Å². The molecule has 0 saturated heterocycles. The Morgan fingerprint density at radius 1 is 0.929 bits per heavy atom. The lowest BCUT2D eigenvalue weighted by atomic mass is 9.96. The summed E-state index contributed by atoms with van der Waals surface area (Å²) in [6, 6.07) is 14.5. The van der Waals surface area contributed by atoms with Crippen LogP contribution in [0.15, 0.2) is 48.5 Å². The van der Waals surface area contributed by atoms with Crippen LogP contribution in [0.2, 0.25) is 0 Å². The van der Waals surface area contributed by atoms with E-state index in [1.165, 1.54) is 0 Å². The molecule has 0 heterocycles. The minimum Gasteiger partial charge on any atom is -0.497 e. The summed E-state index contributed by atoms with van der Waals surface area (Å²) in [6.45, 7) is 1.75. The number of benzene rings is 2. The maximum absolute atomic E-state index is 12.0. The second kappa shape index (κ2) is 9.75. The molecule has 28 heavy (non-hydrogen) atoms. The van der Waals surface area contributed by atoms with E-state index in [1.807, 2.05) is 18.2 Å². The van der Waals surface area contributed by atoms with Crippen LogP contribution >= 0.6 is 0 Å². The van der Waals surface area contributed by atoms with E-state index in [0.29, 0.717) is 12.2 Å². The number of nitrogens with one attached hydrogen (secondary N) is 2. The third kappa shape index (κ3) is 6.59. The zero-order chi connectivity index (χ0) is 20.6. The van der Waals surface area contributed by atoms with E-state index in [0.717, 1.165) is 16.9 Å². The maximum Gasteiger partial charge on any atom is 0.309 e. The van der Waals surface area contributed by atoms with Crippen molar-refractivity contribution in [2.45, 2.75) is 25.5 Å². The van der Waals surface area contributed by atoms with E-state index in [-0.39, 0.29) is 13.1 Å². The largest absolute Gasteiger partial charge is 0.497 e. The Labute approximate surface area is 164 Å². The number of rotatable bonds is 8. The van der Waals surface area contributed by atoms with Crippen LogP contribution < -0.4 is 20.1 Å². The molecule has 2 aromatic rings. The van der Waals surface area contributed by atoms with Crippen LogP contribution in [0.25, 0.3) is 0 Å². The molecule has 2 aromatic carbocycles. The van der Waals surface area contributed by atoms with Gasteiger partial charge in [-0.3, -0.25) is 9.59 Å². The number of ether oxygens (including phenoxy) is 2. The first-order valence-electron chi connectivity index (χ1n) is 8.87. The van der Waals surface area contributed by atoms with Crippen LogP contribution in [0, 0.1) is 0 Å². The summed E-state index contributed by atoms with van der Waals surface area (Å²) < 4.78 is 10.2. The molecule has 0 fully saturated rings. The highest BCUT2D eigenvalue weighted by molar-refractivity contribution is 6.35. The molecule has 0 saturated carbocycles. The molecule has 0 radical (unpaired) electrons. The summed E-state index contributed by atoms with van der Waals surface area (Å²) in [5.74, 6) is -0.156. The molecule has 2 rings (SSSR count). The van der Waals surface area contributed by atoms with Crippen molar-refractivity contribution in [1.82, 2.24) is 10.6 Å². The molecule has 1 atom stereocenters. The van der Waals surface area contributed by atoms with E-state index in [1.54, 1.807) is 51.5 Å². The summed E-state index contributed by atoms with van der Waals surface area (Å²) in [6.07, 6.45) is 0.322. The molecule has 0 aliphatic rings. The van der Waals surface area contributed by atoms with E-state index in [2.05, 4.69) is 10.6 Å². The van der Waals surface area contributed by atoms with Crippen molar-refractivity contribution < 1.29 is 24.2 Å². The van der Waals surface area contributed by atoms with Crippen LogP contribution in [0.5, 0.6) is 11.5 Å². The lowest BCUT2D eigenvalue weighted by molar-refractivity contribution is -0.139. The van der Waals surface area contributed by atoms with Gasteiger partial charge in [-0.25, -0.2) is 0 Å². The molecule has 0 bridgehead atoms. The molecule has 0 aliphatic heterocycles. The van der Waals surface area contributed by atoms with Crippen molar-refractivity contribution in [1.29, 1.82) is 0 Å². The van der Waals surface area contributed by atoms with Crippen LogP contribution in [0.1, 0.15) is 18.1 Å². The number of carbonyl (C=O) groups excluding carboxylic acids is 2. The van der Waals surface area contributed by atoms with Gasteiger partial charge in [0.15, 0.2) is 0 Å². The minimum absolute atomic E-state index is 0.0511. The first-order valence-corrected chi connectivity index (χ1v) is 8.87. The highest BCUT2D eigenvalue weighted by Gasteiger charge is 2.23. The number of carbonyl (C=O) groups is 2. The molecule has 150 valence electrons. The lowest BCUT2D eigenvalue weighted by Crippen LogP contribution is -2.47. The highest BCUT2D eigenvalue weighted by atomic mass is 16.5. The van der Waals surface area contributed by atoms with E-state index >= 15 is 0 Å². The van der Waals surface area contributed by atoms with Crippen LogP contribution in [0.3, 0.4) is 0 Å². The summed E-state index contributed by atoms with van der Waals surface area (Å²) >= 11 is 0.